The number of alkyl halides is 13. The van der Waals surface area contributed by atoms with Crippen molar-refractivity contribution in [2.24, 2.45) is 0 Å². The zero-order chi connectivity index (χ0) is 25.5. The molecule has 1 rings (SSSR count). The van der Waals surface area contributed by atoms with Crippen molar-refractivity contribution in [3.8, 4) is 0 Å². The van der Waals surface area contributed by atoms with Crippen LogP contribution in [0.3, 0.4) is 0 Å². The molecule has 0 aliphatic heterocycles. The molecule has 0 bridgehead atoms. The van der Waals surface area contributed by atoms with Gasteiger partial charge in [-0.2, -0.15) is 43.5 Å². The van der Waals surface area contributed by atoms with Crippen molar-refractivity contribution in [3.05, 3.63) is 29.8 Å². The standard InChI is InChI=1S/C15H11F13O3S/c1-6-2-4-7(5-3-6)32(29,30)31-11(20)13(23,24)15(27,28)14(25,26)12(21,22)9(17)8(16)10(18)19/h2-5,8-11H,1H3. The first kappa shape index (κ1) is 28.3. The summed E-state index contributed by atoms with van der Waals surface area (Å²) < 4.78 is 198. The van der Waals surface area contributed by atoms with E-state index in [9.17, 15) is 65.5 Å². The van der Waals surface area contributed by atoms with E-state index in [1.54, 1.807) is 0 Å². The van der Waals surface area contributed by atoms with Gasteiger partial charge in [-0.1, -0.05) is 17.7 Å². The molecule has 0 saturated heterocycles. The normalized spacial score (nSPS) is 17.3. The maximum Gasteiger partial charge on any atom is 0.383 e. The fourth-order valence-electron chi connectivity index (χ4n) is 1.99. The summed E-state index contributed by atoms with van der Waals surface area (Å²) in [5, 5.41) is 0. The Morgan fingerprint density at radius 2 is 1.16 bits per heavy atom. The molecule has 0 fully saturated rings. The van der Waals surface area contributed by atoms with Gasteiger partial charge in [0.05, 0.1) is 4.90 Å². The van der Waals surface area contributed by atoms with Crippen LogP contribution in [-0.2, 0) is 14.3 Å². The molecule has 1 aromatic rings. The summed E-state index contributed by atoms with van der Waals surface area (Å²) in [6.07, 6.45) is -20.3. The van der Waals surface area contributed by atoms with Crippen LogP contribution in [-0.4, -0.2) is 57.2 Å². The minimum Gasteiger partial charge on any atom is -0.238 e. The second-order valence-corrected chi connectivity index (χ2v) is 7.83. The lowest BCUT2D eigenvalue weighted by molar-refractivity contribution is -0.396. The summed E-state index contributed by atoms with van der Waals surface area (Å²) in [6.45, 7) is 1.39. The SMILES string of the molecule is Cc1ccc(S(=O)(=O)OC(F)C(F)(F)C(F)(F)C(F)(F)C(F)(F)C(F)C(F)C(F)F)cc1. The molecule has 0 N–H and O–H groups in total. The Morgan fingerprint density at radius 3 is 1.56 bits per heavy atom. The highest BCUT2D eigenvalue weighted by Crippen LogP contribution is 2.56. The Bertz CT molecular complexity index is 886. The molecule has 3 unspecified atom stereocenters. The van der Waals surface area contributed by atoms with Gasteiger partial charge in [-0.15, -0.1) is 0 Å². The van der Waals surface area contributed by atoms with Gasteiger partial charge in [0.2, 0.25) is 6.17 Å². The van der Waals surface area contributed by atoms with Crippen LogP contribution < -0.4 is 0 Å². The Balaban J connectivity index is 3.32. The first-order valence-corrected chi connectivity index (χ1v) is 9.27. The average Bonchev–Trinajstić information content (AvgIpc) is 2.65. The van der Waals surface area contributed by atoms with E-state index in [0.717, 1.165) is 12.1 Å². The third-order valence-corrected chi connectivity index (χ3v) is 5.18. The molecule has 0 aliphatic carbocycles. The van der Waals surface area contributed by atoms with E-state index in [4.69, 9.17) is 0 Å². The molecular formula is C15H11F13O3S. The average molecular weight is 518 g/mol. The van der Waals surface area contributed by atoms with E-state index in [1.165, 1.54) is 6.92 Å². The van der Waals surface area contributed by atoms with E-state index < -0.39 is 63.8 Å². The molecule has 3 nitrogen and oxygen atoms in total. The quantitative estimate of drug-likeness (QED) is 0.305. The number of halogens is 13. The second kappa shape index (κ2) is 8.87. The Morgan fingerprint density at radius 1 is 0.750 bits per heavy atom. The summed E-state index contributed by atoms with van der Waals surface area (Å²) in [7, 11) is -5.70. The molecule has 0 aliphatic rings. The fraction of sp³-hybridized carbons (Fsp3) is 0.600. The monoisotopic (exact) mass is 518 g/mol. The van der Waals surface area contributed by atoms with E-state index in [-0.39, 0.29) is 0 Å². The lowest BCUT2D eigenvalue weighted by Gasteiger charge is -2.38. The van der Waals surface area contributed by atoms with E-state index in [1.807, 2.05) is 0 Å². The highest BCUT2D eigenvalue weighted by molar-refractivity contribution is 7.86. The third-order valence-electron chi connectivity index (χ3n) is 3.90. The van der Waals surface area contributed by atoms with Gasteiger partial charge in [-0.3, -0.25) is 0 Å². The van der Waals surface area contributed by atoms with Crippen molar-refractivity contribution >= 4 is 10.1 Å². The first-order valence-electron chi connectivity index (χ1n) is 7.86. The molecular weight excluding hydrogens is 507 g/mol. The Kier molecular flexibility index (Phi) is 7.83. The summed E-state index contributed by atoms with van der Waals surface area (Å²) in [6, 6.07) is 3.16. The topological polar surface area (TPSA) is 43.4 Å². The smallest absolute Gasteiger partial charge is 0.238 e. The zero-order valence-corrected chi connectivity index (χ0v) is 16.0. The van der Waals surface area contributed by atoms with Gasteiger partial charge in [0, 0.05) is 0 Å². The van der Waals surface area contributed by atoms with Crippen LogP contribution in [0.5, 0.6) is 0 Å². The molecule has 186 valence electrons. The number of hydrogen-bond acceptors (Lipinski definition) is 3. The summed E-state index contributed by atoms with van der Waals surface area (Å²) >= 11 is 0. The van der Waals surface area contributed by atoms with Crippen LogP contribution in [0.2, 0.25) is 0 Å². The predicted octanol–water partition coefficient (Wildman–Crippen LogP) is 5.48. The maximum absolute atomic E-state index is 13.7. The van der Waals surface area contributed by atoms with Gasteiger partial charge in [-0.25, -0.2) is 26.1 Å². The molecule has 0 heterocycles. The van der Waals surface area contributed by atoms with Crippen LogP contribution >= 0.6 is 0 Å². The Hall–Kier alpha value is -1.78. The van der Waals surface area contributed by atoms with Crippen LogP contribution in [0.1, 0.15) is 5.56 Å². The van der Waals surface area contributed by atoms with Crippen molar-refractivity contribution in [1.82, 2.24) is 0 Å². The summed E-state index contributed by atoms with van der Waals surface area (Å²) in [4.78, 5) is -1.14. The molecule has 0 saturated carbocycles. The highest BCUT2D eigenvalue weighted by Gasteiger charge is 2.85. The van der Waals surface area contributed by atoms with Crippen molar-refractivity contribution in [1.29, 1.82) is 0 Å². The predicted molar refractivity (Wildman–Crippen MR) is 79.9 cm³/mol. The van der Waals surface area contributed by atoms with Crippen LogP contribution in [0, 0.1) is 6.92 Å². The molecule has 32 heavy (non-hydrogen) atoms. The van der Waals surface area contributed by atoms with E-state index >= 15 is 0 Å². The molecule has 17 heteroatoms. The highest BCUT2D eigenvalue weighted by atomic mass is 32.2. The van der Waals surface area contributed by atoms with E-state index in [0.29, 0.717) is 17.7 Å². The summed E-state index contributed by atoms with van der Waals surface area (Å²) in [5.74, 6) is -29.7. The van der Waals surface area contributed by atoms with Crippen molar-refractivity contribution in [2.75, 3.05) is 0 Å². The first-order chi connectivity index (χ1) is 14.1. The van der Waals surface area contributed by atoms with Crippen LogP contribution in [0.4, 0.5) is 57.1 Å². The molecule has 3 atom stereocenters. The lowest BCUT2D eigenvalue weighted by atomic mass is 9.94. The third kappa shape index (κ3) is 4.77. The minimum atomic E-state index is -7.70. The molecule has 1 aromatic carbocycles. The van der Waals surface area contributed by atoms with E-state index in [2.05, 4.69) is 4.18 Å². The minimum absolute atomic E-state index is 0.357. The largest absolute Gasteiger partial charge is 0.383 e. The zero-order valence-electron chi connectivity index (χ0n) is 15.2. The van der Waals surface area contributed by atoms with Gasteiger partial charge >= 0.3 is 23.7 Å². The molecule has 0 aromatic heterocycles. The van der Waals surface area contributed by atoms with Gasteiger partial charge in [-0.05, 0) is 19.1 Å². The van der Waals surface area contributed by atoms with Gasteiger partial charge in [0.25, 0.3) is 22.9 Å². The fourth-order valence-corrected chi connectivity index (χ4v) is 2.92. The lowest BCUT2D eigenvalue weighted by Crippen LogP contribution is -2.68. The van der Waals surface area contributed by atoms with Gasteiger partial charge < -0.3 is 0 Å². The maximum atomic E-state index is 13.7. The molecule has 0 amide bonds. The number of aryl methyl sites for hydroxylation is 1. The van der Waals surface area contributed by atoms with Gasteiger partial charge in [0.15, 0.2) is 6.17 Å². The molecule has 0 radical (unpaired) electrons. The second-order valence-electron chi connectivity index (χ2n) is 6.25. The number of hydrogen-bond donors (Lipinski definition) is 0. The number of benzene rings is 1. The van der Waals surface area contributed by atoms with Crippen molar-refractivity contribution in [2.45, 2.75) is 60.6 Å². The summed E-state index contributed by atoms with van der Waals surface area (Å²) in [5.41, 5.74) is 0.357. The van der Waals surface area contributed by atoms with Gasteiger partial charge in [0.1, 0.15) is 0 Å². The van der Waals surface area contributed by atoms with Crippen LogP contribution in [0.25, 0.3) is 0 Å². The molecule has 0 spiro atoms. The van der Waals surface area contributed by atoms with Crippen molar-refractivity contribution in [3.63, 3.8) is 0 Å². The number of rotatable bonds is 10. The van der Waals surface area contributed by atoms with Crippen LogP contribution in [0.15, 0.2) is 29.2 Å². The Labute approximate surface area is 171 Å². The van der Waals surface area contributed by atoms with Crippen molar-refractivity contribution < 1.29 is 69.7 Å².